The topological polar surface area (TPSA) is 103 Å². The van der Waals surface area contributed by atoms with E-state index >= 15 is 0 Å². The van der Waals surface area contributed by atoms with Crippen LogP contribution in [0, 0.1) is 0 Å². The number of benzene rings is 2. The van der Waals surface area contributed by atoms with Crippen LogP contribution >= 0.6 is 0 Å². The maximum atomic E-state index is 12.5. The zero-order chi connectivity index (χ0) is 23.5. The zero-order valence-corrected chi connectivity index (χ0v) is 19.5. The summed E-state index contributed by atoms with van der Waals surface area (Å²) in [6.45, 7) is 4.37. The van der Waals surface area contributed by atoms with E-state index in [2.05, 4.69) is 5.32 Å². The zero-order valence-electron chi connectivity index (χ0n) is 18.7. The Balaban J connectivity index is 1.51. The standard InChI is InChI=1S/C23H30N2O7S/c1-2-30-22-18-19(8-9-21(22)32-16-15-31-20-6-4-3-5-7-20)23(26)24-10-17-33(27,28)25-11-13-29-14-12-25/h3-9,18H,2,10-17H2,1H3,(H,24,26). The van der Waals surface area contributed by atoms with Crippen LogP contribution in [0.5, 0.6) is 17.2 Å². The highest BCUT2D eigenvalue weighted by Gasteiger charge is 2.24. The van der Waals surface area contributed by atoms with Gasteiger partial charge in [-0.1, -0.05) is 18.2 Å². The molecular formula is C23H30N2O7S. The molecule has 1 aliphatic rings. The number of ether oxygens (including phenoxy) is 4. The molecule has 2 aromatic carbocycles. The van der Waals surface area contributed by atoms with Gasteiger partial charge >= 0.3 is 0 Å². The van der Waals surface area contributed by atoms with Gasteiger partial charge in [0.2, 0.25) is 10.0 Å². The summed E-state index contributed by atoms with van der Waals surface area (Å²) in [6, 6.07) is 14.3. The molecule has 1 fully saturated rings. The van der Waals surface area contributed by atoms with Crippen LogP contribution in [0.2, 0.25) is 0 Å². The maximum absolute atomic E-state index is 12.5. The van der Waals surface area contributed by atoms with E-state index in [0.29, 0.717) is 63.2 Å². The summed E-state index contributed by atoms with van der Waals surface area (Å²) in [5, 5.41) is 2.66. The second-order valence-electron chi connectivity index (χ2n) is 7.19. The Morgan fingerprint density at radius 2 is 1.73 bits per heavy atom. The van der Waals surface area contributed by atoms with Crippen molar-refractivity contribution in [3.05, 3.63) is 54.1 Å². The van der Waals surface area contributed by atoms with Gasteiger partial charge in [-0.2, -0.15) is 4.31 Å². The average molecular weight is 479 g/mol. The number of nitrogens with one attached hydrogen (secondary N) is 1. The van der Waals surface area contributed by atoms with Gasteiger partial charge in [0.25, 0.3) is 5.91 Å². The lowest BCUT2D eigenvalue weighted by Crippen LogP contribution is -2.43. The third-order valence-electron chi connectivity index (χ3n) is 4.87. The van der Waals surface area contributed by atoms with Gasteiger partial charge in [-0.05, 0) is 37.3 Å². The molecule has 10 heteroatoms. The van der Waals surface area contributed by atoms with Gasteiger partial charge in [0.05, 0.1) is 25.6 Å². The molecule has 0 aliphatic carbocycles. The van der Waals surface area contributed by atoms with E-state index in [4.69, 9.17) is 18.9 Å². The second kappa shape index (κ2) is 12.4. The molecule has 3 rings (SSSR count). The van der Waals surface area contributed by atoms with Crippen molar-refractivity contribution in [3.63, 3.8) is 0 Å². The van der Waals surface area contributed by atoms with Gasteiger partial charge in [-0.15, -0.1) is 0 Å². The molecule has 1 saturated heterocycles. The second-order valence-corrected chi connectivity index (χ2v) is 9.28. The highest BCUT2D eigenvalue weighted by atomic mass is 32.2. The Bertz CT molecular complexity index is 993. The van der Waals surface area contributed by atoms with Crippen LogP contribution < -0.4 is 19.5 Å². The van der Waals surface area contributed by atoms with Crippen LogP contribution in [0.25, 0.3) is 0 Å². The molecule has 33 heavy (non-hydrogen) atoms. The maximum Gasteiger partial charge on any atom is 0.251 e. The fraction of sp³-hybridized carbons (Fsp3) is 0.435. The molecule has 1 N–H and O–H groups in total. The predicted octanol–water partition coefficient (Wildman–Crippen LogP) is 1.93. The quantitative estimate of drug-likeness (QED) is 0.465. The monoisotopic (exact) mass is 478 g/mol. The smallest absolute Gasteiger partial charge is 0.251 e. The third-order valence-corrected chi connectivity index (χ3v) is 6.74. The van der Waals surface area contributed by atoms with Crippen molar-refractivity contribution in [2.24, 2.45) is 0 Å². The van der Waals surface area contributed by atoms with Crippen LogP contribution in [0.1, 0.15) is 17.3 Å². The minimum Gasteiger partial charge on any atom is -0.490 e. The van der Waals surface area contributed by atoms with E-state index in [-0.39, 0.29) is 18.2 Å². The summed E-state index contributed by atoms with van der Waals surface area (Å²) >= 11 is 0. The molecule has 0 radical (unpaired) electrons. The van der Waals surface area contributed by atoms with Gasteiger partial charge in [-0.3, -0.25) is 4.79 Å². The van der Waals surface area contributed by atoms with Crippen molar-refractivity contribution in [2.45, 2.75) is 6.92 Å². The fourth-order valence-corrected chi connectivity index (χ4v) is 4.54. The first-order valence-corrected chi connectivity index (χ1v) is 12.5. The number of amides is 1. The lowest BCUT2D eigenvalue weighted by Gasteiger charge is -2.26. The lowest BCUT2D eigenvalue weighted by molar-refractivity contribution is 0.0730. The Labute approximate surface area is 194 Å². The number of para-hydroxylation sites is 1. The van der Waals surface area contributed by atoms with Crippen LogP contribution in [0.3, 0.4) is 0 Å². The molecule has 1 heterocycles. The van der Waals surface area contributed by atoms with Gasteiger partial charge in [0.15, 0.2) is 11.5 Å². The number of morpholine rings is 1. The van der Waals surface area contributed by atoms with Crippen molar-refractivity contribution < 1.29 is 32.2 Å². The number of nitrogens with zero attached hydrogens (tertiary/aromatic N) is 1. The number of hydrogen-bond acceptors (Lipinski definition) is 7. The first-order valence-electron chi connectivity index (χ1n) is 10.9. The van der Waals surface area contributed by atoms with Crippen molar-refractivity contribution >= 4 is 15.9 Å². The number of carbonyl (C=O) groups excluding carboxylic acids is 1. The lowest BCUT2D eigenvalue weighted by atomic mass is 10.2. The minimum atomic E-state index is -3.44. The summed E-state index contributed by atoms with van der Waals surface area (Å²) in [5.41, 5.74) is 0.357. The SMILES string of the molecule is CCOc1cc(C(=O)NCCS(=O)(=O)N2CCOCC2)ccc1OCCOc1ccccc1. The Hall–Kier alpha value is -2.82. The van der Waals surface area contributed by atoms with Gasteiger partial charge in [0, 0.05) is 25.2 Å². The molecule has 0 atom stereocenters. The van der Waals surface area contributed by atoms with Gasteiger partial charge < -0.3 is 24.3 Å². The molecular weight excluding hydrogens is 448 g/mol. The van der Waals surface area contributed by atoms with E-state index in [9.17, 15) is 13.2 Å². The van der Waals surface area contributed by atoms with E-state index in [1.807, 2.05) is 37.3 Å². The average Bonchev–Trinajstić information content (AvgIpc) is 2.84. The molecule has 1 amide bonds. The van der Waals surface area contributed by atoms with Gasteiger partial charge in [-0.25, -0.2) is 8.42 Å². The Kier molecular flexibility index (Phi) is 9.35. The third kappa shape index (κ3) is 7.62. The predicted molar refractivity (Wildman–Crippen MR) is 124 cm³/mol. The summed E-state index contributed by atoms with van der Waals surface area (Å²) < 4.78 is 48.3. The summed E-state index contributed by atoms with van der Waals surface area (Å²) in [5.74, 6) is 1.14. The van der Waals surface area contributed by atoms with Gasteiger partial charge in [0.1, 0.15) is 19.0 Å². The highest BCUT2D eigenvalue weighted by molar-refractivity contribution is 7.89. The Morgan fingerprint density at radius 1 is 1.00 bits per heavy atom. The molecule has 9 nitrogen and oxygen atoms in total. The van der Waals surface area contributed by atoms with E-state index in [0.717, 1.165) is 5.75 Å². The number of carbonyl (C=O) groups is 1. The van der Waals surface area contributed by atoms with Crippen LogP contribution in [-0.4, -0.2) is 77.1 Å². The summed E-state index contributed by atoms with van der Waals surface area (Å²) in [6.07, 6.45) is 0. The summed E-state index contributed by atoms with van der Waals surface area (Å²) in [4.78, 5) is 12.5. The molecule has 1 aliphatic heterocycles. The van der Waals surface area contributed by atoms with Crippen molar-refractivity contribution in [2.75, 3.05) is 58.4 Å². The molecule has 0 unspecified atom stereocenters. The summed E-state index contributed by atoms with van der Waals surface area (Å²) in [7, 11) is -3.44. The number of rotatable bonds is 12. The minimum absolute atomic E-state index is 0.0115. The first kappa shape index (κ1) is 24.8. The number of sulfonamides is 1. The Morgan fingerprint density at radius 3 is 2.45 bits per heavy atom. The van der Waals surface area contributed by atoms with Crippen LogP contribution in [0.15, 0.2) is 48.5 Å². The highest BCUT2D eigenvalue weighted by Crippen LogP contribution is 2.28. The van der Waals surface area contributed by atoms with E-state index in [1.54, 1.807) is 18.2 Å². The normalized spacial score (nSPS) is 14.5. The van der Waals surface area contributed by atoms with E-state index < -0.39 is 10.0 Å². The molecule has 180 valence electrons. The fourth-order valence-electron chi connectivity index (χ4n) is 3.21. The molecule has 0 spiro atoms. The molecule has 0 saturated carbocycles. The van der Waals surface area contributed by atoms with Crippen LogP contribution in [0.4, 0.5) is 0 Å². The molecule has 2 aromatic rings. The first-order chi connectivity index (χ1) is 16.0. The van der Waals surface area contributed by atoms with E-state index in [1.165, 1.54) is 4.31 Å². The molecule has 0 aromatic heterocycles. The largest absolute Gasteiger partial charge is 0.490 e. The van der Waals surface area contributed by atoms with Crippen molar-refractivity contribution in [1.29, 1.82) is 0 Å². The van der Waals surface area contributed by atoms with Crippen molar-refractivity contribution in [3.8, 4) is 17.2 Å². The molecule has 0 bridgehead atoms. The van der Waals surface area contributed by atoms with Crippen molar-refractivity contribution in [1.82, 2.24) is 9.62 Å². The number of hydrogen-bond donors (Lipinski definition) is 1. The van der Waals surface area contributed by atoms with Crippen LogP contribution in [-0.2, 0) is 14.8 Å².